The molecule has 0 bridgehead atoms. The summed E-state index contributed by atoms with van der Waals surface area (Å²) in [5.41, 5.74) is 0.857. The maximum absolute atomic E-state index is 13.6. The molecule has 0 saturated carbocycles. The number of hydrogen-bond donors (Lipinski definition) is 1. The number of benzene rings is 2. The highest BCUT2D eigenvalue weighted by atomic mass is 35.5. The Balaban J connectivity index is 1.70. The summed E-state index contributed by atoms with van der Waals surface area (Å²) in [6, 6.07) is 12.5. The summed E-state index contributed by atoms with van der Waals surface area (Å²) in [5, 5.41) is 11.1. The first-order chi connectivity index (χ1) is 13.3. The van der Waals surface area contributed by atoms with Crippen LogP contribution < -0.4 is 5.32 Å². The average molecular weight is 403 g/mol. The summed E-state index contributed by atoms with van der Waals surface area (Å²) in [7, 11) is 0. The second-order valence-electron chi connectivity index (χ2n) is 5.92. The zero-order valence-electron chi connectivity index (χ0n) is 15.0. The van der Waals surface area contributed by atoms with Gasteiger partial charge in [0.25, 0.3) is 5.91 Å². The highest BCUT2D eigenvalue weighted by molar-refractivity contribution is 6.30. The Bertz CT molecular complexity index is 1040. The van der Waals surface area contributed by atoms with E-state index in [9.17, 15) is 14.0 Å². The minimum absolute atomic E-state index is 0.00141. The summed E-state index contributed by atoms with van der Waals surface area (Å²) in [5.74, 6) is -2.07. The van der Waals surface area contributed by atoms with Crippen LogP contribution in [0.4, 0.5) is 10.1 Å². The van der Waals surface area contributed by atoms with E-state index in [4.69, 9.17) is 16.3 Å². The molecule has 0 unspecified atom stereocenters. The number of aryl methyl sites for hydroxylation is 1. The van der Waals surface area contributed by atoms with Crippen LogP contribution in [0.3, 0.4) is 0 Å². The van der Waals surface area contributed by atoms with E-state index in [2.05, 4.69) is 15.5 Å². The second kappa shape index (κ2) is 8.18. The Morgan fingerprint density at radius 3 is 2.64 bits per heavy atom. The molecular weight excluding hydrogens is 387 g/mol. The number of nitrogens with one attached hydrogen (secondary N) is 1. The van der Waals surface area contributed by atoms with Crippen LogP contribution in [0.15, 0.2) is 48.5 Å². The predicted octanol–water partition coefficient (Wildman–Crippen LogP) is 3.55. The van der Waals surface area contributed by atoms with Crippen molar-refractivity contribution in [1.29, 1.82) is 0 Å². The number of halogens is 2. The van der Waals surface area contributed by atoms with Gasteiger partial charge in [-0.1, -0.05) is 29.8 Å². The van der Waals surface area contributed by atoms with Crippen molar-refractivity contribution in [3.8, 4) is 5.69 Å². The van der Waals surface area contributed by atoms with Gasteiger partial charge in [-0.2, -0.15) is 9.90 Å². The molecule has 1 atom stereocenters. The fourth-order valence-electron chi connectivity index (χ4n) is 2.35. The van der Waals surface area contributed by atoms with Gasteiger partial charge >= 0.3 is 5.97 Å². The number of esters is 1. The van der Waals surface area contributed by atoms with Crippen molar-refractivity contribution in [2.24, 2.45) is 0 Å². The van der Waals surface area contributed by atoms with E-state index < -0.39 is 23.8 Å². The molecule has 1 aromatic heterocycles. The normalized spacial score (nSPS) is 11.7. The van der Waals surface area contributed by atoms with Crippen molar-refractivity contribution in [3.05, 3.63) is 70.8 Å². The van der Waals surface area contributed by atoms with Crippen molar-refractivity contribution in [3.63, 3.8) is 0 Å². The van der Waals surface area contributed by atoms with Gasteiger partial charge in [0.1, 0.15) is 5.82 Å². The Kier molecular flexibility index (Phi) is 5.70. The van der Waals surface area contributed by atoms with Gasteiger partial charge in [0.15, 0.2) is 11.8 Å². The van der Waals surface area contributed by atoms with Crippen LogP contribution in [-0.2, 0) is 9.53 Å². The number of anilines is 1. The van der Waals surface area contributed by atoms with E-state index in [1.54, 1.807) is 37.3 Å². The molecule has 0 spiro atoms. The number of aromatic nitrogens is 3. The Morgan fingerprint density at radius 2 is 1.93 bits per heavy atom. The van der Waals surface area contributed by atoms with Gasteiger partial charge in [0, 0.05) is 5.02 Å². The molecule has 0 aliphatic carbocycles. The fraction of sp³-hybridized carbons (Fsp3) is 0.158. The minimum atomic E-state index is -1.16. The smallest absolute Gasteiger partial charge is 0.361 e. The van der Waals surface area contributed by atoms with E-state index in [0.29, 0.717) is 16.4 Å². The molecule has 1 N–H and O–H groups in total. The molecule has 9 heteroatoms. The maximum atomic E-state index is 13.6. The number of nitrogens with zero attached hydrogens (tertiary/aromatic N) is 3. The van der Waals surface area contributed by atoms with Crippen LogP contribution in [0.5, 0.6) is 0 Å². The number of amides is 1. The molecule has 1 heterocycles. The number of para-hydroxylation sites is 1. The van der Waals surface area contributed by atoms with Crippen molar-refractivity contribution < 1.29 is 18.7 Å². The van der Waals surface area contributed by atoms with Crippen LogP contribution in [0, 0.1) is 12.7 Å². The molecule has 3 rings (SSSR count). The second-order valence-corrected chi connectivity index (χ2v) is 6.36. The van der Waals surface area contributed by atoms with Gasteiger partial charge in [-0.15, -0.1) is 5.10 Å². The molecule has 0 aliphatic heterocycles. The quantitative estimate of drug-likeness (QED) is 0.659. The van der Waals surface area contributed by atoms with Crippen molar-refractivity contribution in [2.45, 2.75) is 20.0 Å². The molecule has 0 aliphatic rings. The maximum Gasteiger partial charge on any atom is 0.361 e. The van der Waals surface area contributed by atoms with E-state index in [1.165, 1.54) is 29.9 Å². The predicted molar refractivity (Wildman–Crippen MR) is 101 cm³/mol. The van der Waals surface area contributed by atoms with Crippen molar-refractivity contribution in [1.82, 2.24) is 15.0 Å². The Morgan fingerprint density at radius 1 is 1.18 bits per heavy atom. The largest absolute Gasteiger partial charge is 0.448 e. The van der Waals surface area contributed by atoms with E-state index in [0.717, 1.165) is 0 Å². The molecule has 28 heavy (non-hydrogen) atoms. The first-order valence-electron chi connectivity index (χ1n) is 8.31. The van der Waals surface area contributed by atoms with E-state index in [1.807, 2.05) is 0 Å². The molecule has 1 amide bonds. The number of rotatable bonds is 5. The summed E-state index contributed by atoms with van der Waals surface area (Å²) in [4.78, 5) is 25.8. The Labute approximate surface area is 165 Å². The summed E-state index contributed by atoms with van der Waals surface area (Å²) in [6.07, 6.45) is -1.16. The van der Waals surface area contributed by atoms with Crippen LogP contribution in [-0.4, -0.2) is 33.0 Å². The third kappa shape index (κ3) is 4.34. The number of carbonyl (C=O) groups is 2. The SMILES string of the molecule is Cc1nn(-c2cccc(Cl)c2)nc1C(=O)O[C@H](C)C(=O)Nc1ccccc1F. The van der Waals surface area contributed by atoms with Crippen LogP contribution in [0.25, 0.3) is 5.69 Å². The highest BCUT2D eigenvalue weighted by Crippen LogP contribution is 2.16. The van der Waals surface area contributed by atoms with Crippen molar-refractivity contribution in [2.75, 3.05) is 5.32 Å². The van der Waals surface area contributed by atoms with E-state index in [-0.39, 0.29) is 11.4 Å². The molecule has 7 nitrogen and oxygen atoms in total. The van der Waals surface area contributed by atoms with Gasteiger partial charge in [0.2, 0.25) is 0 Å². The van der Waals surface area contributed by atoms with Crippen LogP contribution >= 0.6 is 11.6 Å². The lowest BCUT2D eigenvalue weighted by atomic mass is 10.3. The minimum Gasteiger partial charge on any atom is -0.448 e. The molecule has 2 aromatic carbocycles. The average Bonchev–Trinajstić information content (AvgIpc) is 3.05. The topological polar surface area (TPSA) is 86.1 Å². The fourth-order valence-corrected chi connectivity index (χ4v) is 2.53. The van der Waals surface area contributed by atoms with Gasteiger partial charge < -0.3 is 10.1 Å². The third-order valence-electron chi connectivity index (χ3n) is 3.80. The van der Waals surface area contributed by atoms with Gasteiger partial charge in [-0.25, -0.2) is 9.18 Å². The van der Waals surface area contributed by atoms with Crippen LogP contribution in [0.2, 0.25) is 5.02 Å². The number of hydrogen-bond acceptors (Lipinski definition) is 5. The highest BCUT2D eigenvalue weighted by Gasteiger charge is 2.24. The molecule has 0 radical (unpaired) electrons. The summed E-state index contributed by atoms with van der Waals surface area (Å²) in [6.45, 7) is 2.97. The zero-order valence-corrected chi connectivity index (χ0v) is 15.8. The summed E-state index contributed by atoms with van der Waals surface area (Å²) >= 11 is 5.95. The lowest BCUT2D eigenvalue weighted by Crippen LogP contribution is -2.30. The molecule has 0 fully saturated rings. The van der Waals surface area contributed by atoms with Gasteiger partial charge in [-0.05, 0) is 44.2 Å². The molecule has 144 valence electrons. The first-order valence-corrected chi connectivity index (χ1v) is 8.69. The van der Waals surface area contributed by atoms with Crippen LogP contribution in [0.1, 0.15) is 23.1 Å². The zero-order chi connectivity index (χ0) is 20.3. The standard InChI is InChI=1S/C19H16ClFN4O3/c1-11-17(24-25(23-11)14-7-5-6-13(20)10-14)19(27)28-12(2)18(26)22-16-9-4-3-8-15(16)21/h3-10,12H,1-2H3,(H,22,26)/t12-/m1/s1. The molecular formula is C19H16ClFN4O3. The van der Waals surface area contributed by atoms with E-state index >= 15 is 0 Å². The van der Waals surface area contributed by atoms with Gasteiger partial charge in [0.05, 0.1) is 17.1 Å². The molecule has 0 saturated heterocycles. The third-order valence-corrected chi connectivity index (χ3v) is 4.03. The lowest BCUT2D eigenvalue weighted by Gasteiger charge is -2.13. The number of carbonyl (C=O) groups excluding carboxylic acids is 2. The lowest BCUT2D eigenvalue weighted by molar-refractivity contribution is -0.123. The Hall–Kier alpha value is -3.26. The number of ether oxygens (including phenoxy) is 1. The van der Waals surface area contributed by atoms with Crippen molar-refractivity contribution >= 4 is 29.2 Å². The summed E-state index contributed by atoms with van der Waals surface area (Å²) < 4.78 is 18.8. The first kappa shape index (κ1) is 19.5. The molecule has 3 aromatic rings. The monoisotopic (exact) mass is 402 g/mol. The van der Waals surface area contributed by atoms with Gasteiger partial charge in [-0.3, -0.25) is 4.79 Å².